The molecule has 18 heavy (non-hydrogen) atoms. The van der Waals surface area contributed by atoms with E-state index in [4.69, 9.17) is 5.73 Å². The van der Waals surface area contributed by atoms with E-state index in [1.54, 1.807) is 0 Å². The molecule has 0 spiro atoms. The number of rotatable bonds is 5. The molecule has 2 rings (SSSR count). The van der Waals surface area contributed by atoms with Crippen LogP contribution in [0.4, 0.5) is 8.78 Å². The molecule has 1 saturated carbocycles. The topological polar surface area (TPSA) is 55.1 Å². The minimum atomic E-state index is -0.694. The summed E-state index contributed by atoms with van der Waals surface area (Å²) >= 11 is 0. The van der Waals surface area contributed by atoms with E-state index in [0.29, 0.717) is 12.5 Å². The van der Waals surface area contributed by atoms with Gasteiger partial charge in [0.1, 0.15) is 11.6 Å². The smallest absolute Gasteiger partial charge is 0.224 e. The number of hydrogen-bond acceptors (Lipinski definition) is 2. The van der Waals surface area contributed by atoms with Gasteiger partial charge in [0.05, 0.1) is 6.42 Å². The summed E-state index contributed by atoms with van der Waals surface area (Å²) in [7, 11) is 0. The summed E-state index contributed by atoms with van der Waals surface area (Å²) in [6.07, 6.45) is 2.06. The Morgan fingerprint density at radius 3 is 2.72 bits per heavy atom. The van der Waals surface area contributed by atoms with Crippen molar-refractivity contribution in [3.63, 3.8) is 0 Å². The average molecular weight is 254 g/mol. The highest BCUT2D eigenvalue weighted by Crippen LogP contribution is 2.32. The summed E-state index contributed by atoms with van der Waals surface area (Å²) in [6, 6.07) is 3.19. The fraction of sp³-hybridized carbons (Fsp3) is 0.462. The van der Waals surface area contributed by atoms with E-state index in [0.717, 1.165) is 25.0 Å². The second-order valence-corrected chi connectivity index (χ2v) is 4.66. The number of hydrogen-bond donors (Lipinski definition) is 2. The Balaban J connectivity index is 1.93. The molecule has 0 radical (unpaired) electrons. The van der Waals surface area contributed by atoms with Gasteiger partial charge in [-0.05, 0) is 30.4 Å². The van der Waals surface area contributed by atoms with Crippen LogP contribution in [0.3, 0.4) is 0 Å². The van der Waals surface area contributed by atoms with E-state index in [-0.39, 0.29) is 23.9 Å². The number of carbonyl (C=O) groups is 1. The predicted molar refractivity (Wildman–Crippen MR) is 63.8 cm³/mol. The zero-order valence-electron chi connectivity index (χ0n) is 9.96. The van der Waals surface area contributed by atoms with Gasteiger partial charge in [0, 0.05) is 18.7 Å². The van der Waals surface area contributed by atoms with Gasteiger partial charge < -0.3 is 11.1 Å². The third-order valence-electron chi connectivity index (χ3n) is 3.16. The van der Waals surface area contributed by atoms with Crippen molar-refractivity contribution >= 4 is 5.91 Å². The highest BCUT2D eigenvalue weighted by molar-refractivity contribution is 5.79. The number of nitrogens with one attached hydrogen (secondary N) is 1. The van der Waals surface area contributed by atoms with Crippen LogP contribution in [0, 0.1) is 17.6 Å². The molecule has 98 valence electrons. The Hall–Kier alpha value is -1.49. The van der Waals surface area contributed by atoms with Gasteiger partial charge in [0.25, 0.3) is 0 Å². The molecule has 1 aliphatic rings. The largest absolute Gasteiger partial charge is 0.352 e. The fourth-order valence-electron chi connectivity index (χ4n) is 1.96. The Morgan fingerprint density at radius 2 is 2.17 bits per heavy atom. The number of amides is 1. The van der Waals surface area contributed by atoms with Crippen LogP contribution in [-0.2, 0) is 11.2 Å². The molecule has 1 aromatic rings. The van der Waals surface area contributed by atoms with E-state index in [2.05, 4.69) is 5.32 Å². The molecule has 0 heterocycles. The maximum absolute atomic E-state index is 13.4. The molecule has 1 aromatic carbocycles. The van der Waals surface area contributed by atoms with Crippen molar-refractivity contribution in [1.29, 1.82) is 0 Å². The highest BCUT2D eigenvalue weighted by Gasteiger charge is 2.31. The molecule has 1 unspecified atom stereocenters. The SMILES string of the molecule is NCC(NC(=O)Cc1ccc(F)cc1F)C1CC1. The van der Waals surface area contributed by atoms with Gasteiger partial charge in [0.15, 0.2) is 0 Å². The number of nitrogens with two attached hydrogens (primary N) is 1. The van der Waals surface area contributed by atoms with Gasteiger partial charge in [-0.15, -0.1) is 0 Å². The first kappa shape index (κ1) is 13.0. The van der Waals surface area contributed by atoms with Gasteiger partial charge in [-0.2, -0.15) is 0 Å². The first-order valence-electron chi connectivity index (χ1n) is 6.03. The summed E-state index contributed by atoms with van der Waals surface area (Å²) in [5.41, 5.74) is 5.76. The second kappa shape index (κ2) is 5.44. The average Bonchev–Trinajstić information content (AvgIpc) is 3.14. The van der Waals surface area contributed by atoms with Crippen LogP contribution in [0.25, 0.3) is 0 Å². The van der Waals surface area contributed by atoms with Crippen LogP contribution >= 0.6 is 0 Å². The van der Waals surface area contributed by atoms with E-state index < -0.39 is 11.6 Å². The molecular formula is C13H16F2N2O. The third-order valence-corrected chi connectivity index (χ3v) is 3.16. The van der Waals surface area contributed by atoms with Crippen molar-refractivity contribution < 1.29 is 13.6 Å². The lowest BCUT2D eigenvalue weighted by atomic mass is 10.1. The van der Waals surface area contributed by atoms with Crippen LogP contribution in [0.2, 0.25) is 0 Å². The molecule has 1 amide bonds. The molecule has 3 nitrogen and oxygen atoms in total. The van der Waals surface area contributed by atoms with E-state index in [1.807, 2.05) is 0 Å². The maximum atomic E-state index is 13.4. The summed E-state index contributed by atoms with van der Waals surface area (Å²) in [4.78, 5) is 11.7. The van der Waals surface area contributed by atoms with Crippen LogP contribution in [0.5, 0.6) is 0 Å². The molecule has 0 bridgehead atoms. The Bertz CT molecular complexity index is 447. The Morgan fingerprint density at radius 1 is 1.44 bits per heavy atom. The minimum absolute atomic E-state index is 0.0268. The molecule has 1 atom stereocenters. The van der Waals surface area contributed by atoms with Crippen molar-refractivity contribution in [1.82, 2.24) is 5.32 Å². The first-order chi connectivity index (χ1) is 8.60. The van der Waals surface area contributed by atoms with Crippen LogP contribution in [-0.4, -0.2) is 18.5 Å². The summed E-state index contributed by atoms with van der Waals surface area (Å²) in [5, 5.41) is 2.79. The number of benzene rings is 1. The van der Waals surface area contributed by atoms with E-state index >= 15 is 0 Å². The zero-order chi connectivity index (χ0) is 13.1. The van der Waals surface area contributed by atoms with Crippen molar-refractivity contribution in [2.45, 2.75) is 25.3 Å². The van der Waals surface area contributed by atoms with Gasteiger partial charge in [0.2, 0.25) is 5.91 Å². The van der Waals surface area contributed by atoms with E-state index in [9.17, 15) is 13.6 Å². The molecule has 1 fully saturated rings. The third kappa shape index (κ3) is 3.26. The van der Waals surface area contributed by atoms with Gasteiger partial charge in [-0.1, -0.05) is 6.07 Å². The summed E-state index contributed by atoms with van der Waals surface area (Å²) < 4.78 is 26.1. The lowest BCUT2D eigenvalue weighted by Crippen LogP contribution is -2.42. The standard InChI is InChI=1S/C13H16F2N2O/c14-10-4-3-9(11(15)6-10)5-13(18)17-12(7-16)8-1-2-8/h3-4,6,8,12H,1-2,5,7,16H2,(H,17,18). The van der Waals surface area contributed by atoms with Crippen molar-refractivity contribution in [3.8, 4) is 0 Å². The highest BCUT2D eigenvalue weighted by atomic mass is 19.1. The zero-order valence-corrected chi connectivity index (χ0v) is 9.96. The van der Waals surface area contributed by atoms with Gasteiger partial charge >= 0.3 is 0 Å². The van der Waals surface area contributed by atoms with Crippen LogP contribution in [0.1, 0.15) is 18.4 Å². The predicted octanol–water partition coefficient (Wildman–Crippen LogP) is 1.36. The molecule has 0 saturated heterocycles. The monoisotopic (exact) mass is 254 g/mol. The molecule has 0 aromatic heterocycles. The minimum Gasteiger partial charge on any atom is -0.352 e. The maximum Gasteiger partial charge on any atom is 0.224 e. The molecule has 0 aliphatic heterocycles. The van der Waals surface area contributed by atoms with Gasteiger partial charge in [-0.25, -0.2) is 8.78 Å². The van der Waals surface area contributed by atoms with Crippen molar-refractivity contribution in [2.24, 2.45) is 11.7 Å². The number of halogens is 2. The second-order valence-electron chi connectivity index (χ2n) is 4.66. The molecule has 5 heteroatoms. The lowest BCUT2D eigenvalue weighted by molar-refractivity contribution is -0.121. The summed E-state index contributed by atoms with van der Waals surface area (Å²) in [6.45, 7) is 0.391. The Labute approximate surface area is 104 Å². The van der Waals surface area contributed by atoms with Crippen molar-refractivity contribution in [3.05, 3.63) is 35.4 Å². The molecule has 1 aliphatic carbocycles. The van der Waals surface area contributed by atoms with Crippen LogP contribution in [0.15, 0.2) is 18.2 Å². The molecule has 3 N–H and O–H groups in total. The first-order valence-corrected chi connectivity index (χ1v) is 6.03. The molecular weight excluding hydrogens is 238 g/mol. The van der Waals surface area contributed by atoms with E-state index in [1.165, 1.54) is 6.07 Å². The Kier molecular flexibility index (Phi) is 3.91. The van der Waals surface area contributed by atoms with Crippen molar-refractivity contribution in [2.75, 3.05) is 6.54 Å². The fourth-order valence-corrected chi connectivity index (χ4v) is 1.96. The quantitative estimate of drug-likeness (QED) is 0.833. The summed E-state index contributed by atoms with van der Waals surface area (Å²) in [5.74, 6) is -1.16. The lowest BCUT2D eigenvalue weighted by Gasteiger charge is -2.16. The van der Waals surface area contributed by atoms with Gasteiger partial charge in [-0.3, -0.25) is 4.79 Å². The number of carbonyl (C=O) groups excluding carboxylic acids is 1. The van der Waals surface area contributed by atoms with Crippen LogP contribution < -0.4 is 11.1 Å². The normalized spacial score (nSPS) is 16.4.